The number of fused-ring (bicyclic) bond motifs is 1. The second kappa shape index (κ2) is 7.76. The molecular formula is C20H28N6O. The van der Waals surface area contributed by atoms with Gasteiger partial charge in [-0.15, -0.1) is 0 Å². The maximum absolute atomic E-state index is 12.7. The van der Waals surface area contributed by atoms with Crippen molar-refractivity contribution < 1.29 is 4.79 Å². The van der Waals surface area contributed by atoms with Gasteiger partial charge in [0.25, 0.3) is 0 Å². The van der Waals surface area contributed by atoms with Gasteiger partial charge in [0.2, 0.25) is 5.91 Å². The third kappa shape index (κ3) is 4.03. The van der Waals surface area contributed by atoms with E-state index >= 15 is 0 Å². The molecule has 0 spiro atoms. The normalized spacial score (nSPS) is 20.5. The third-order valence-electron chi connectivity index (χ3n) is 5.75. The van der Waals surface area contributed by atoms with E-state index in [-0.39, 0.29) is 11.8 Å². The minimum Gasteiger partial charge on any atom is -0.342 e. The molecule has 1 atom stereocenters. The molecule has 144 valence electrons. The summed E-state index contributed by atoms with van der Waals surface area (Å²) < 4.78 is 1.89. The molecule has 1 fully saturated rings. The molecule has 27 heavy (non-hydrogen) atoms. The quantitative estimate of drug-likeness (QED) is 0.823. The predicted molar refractivity (Wildman–Crippen MR) is 102 cm³/mol. The van der Waals surface area contributed by atoms with E-state index in [2.05, 4.69) is 22.0 Å². The second-order valence-electron chi connectivity index (χ2n) is 7.81. The van der Waals surface area contributed by atoms with E-state index in [4.69, 9.17) is 4.98 Å². The largest absolute Gasteiger partial charge is 0.342 e. The van der Waals surface area contributed by atoms with Crippen LogP contribution in [0, 0.1) is 6.92 Å². The molecule has 2 aromatic rings. The van der Waals surface area contributed by atoms with Gasteiger partial charge in [-0.25, -0.2) is 9.97 Å². The highest BCUT2D eigenvalue weighted by Crippen LogP contribution is 2.26. The van der Waals surface area contributed by atoms with Crippen LogP contribution in [0.3, 0.4) is 0 Å². The number of piperidine rings is 1. The average molecular weight is 368 g/mol. The van der Waals surface area contributed by atoms with Crippen LogP contribution in [-0.4, -0.2) is 62.1 Å². The first-order valence-electron chi connectivity index (χ1n) is 9.89. The Morgan fingerprint density at radius 2 is 2.22 bits per heavy atom. The van der Waals surface area contributed by atoms with E-state index in [1.165, 1.54) is 11.3 Å². The van der Waals surface area contributed by atoms with Gasteiger partial charge in [0.15, 0.2) is 0 Å². The van der Waals surface area contributed by atoms with E-state index in [1.54, 1.807) is 6.20 Å². The highest BCUT2D eigenvalue weighted by atomic mass is 16.2. The molecule has 2 aliphatic heterocycles. The van der Waals surface area contributed by atoms with E-state index in [1.807, 2.05) is 28.8 Å². The van der Waals surface area contributed by atoms with Crippen molar-refractivity contribution in [2.24, 2.45) is 0 Å². The van der Waals surface area contributed by atoms with Crippen LogP contribution in [0.2, 0.25) is 0 Å². The minimum atomic E-state index is 0.203. The minimum absolute atomic E-state index is 0.203. The molecule has 1 amide bonds. The zero-order chi connectivity index (χ0) is 18.8. The molecular weight excluding hydrogens is 340 g/mol. The maximum Gasteiger partial charge on any atom is 0.224 e. The Morgan fingerprint density at radius 3 is 3.04 bits per heavy atom. The number of likely N-dealkylation sites (tertiary alicyclic amines) is 1. The van der Waals surface area contributed by atoms with Crippen LogP contribution in [0.15, 0.2) is 18.5 Å². The van der Waals surface area contributed by atoms with Gasteiger partial charge >= 0.3 is 0 Å². The van der Waals surface area contributed by atoms with E-state index in [0.29, 0.717) is 13.0 Å². The summed E-state index contributed by atoms with van der Waals surface area (Å²) >= 11 is 0. The van der Waals surface area contributed by atoms with Gasteiger partial charge in [-0.3, -0.25) is 9.48 Å². The predicted octanol–water partition coefficient (Wildman–Crippen LogP) is 1.77. The highest BCUT2D eigenvalue weighted by molar-refractivity contribution is 5.76. The van der Waals surface area contributed by atoms with Crippen LogP contribution in [0.4, 0.5) is 0 Å². The Hall–Kier alpha value is -2.28. The van der Waals surface area contributed by atoms with Crippen molar-refractivity contribution in [1.29, 1.82) is 0 Å². The lowest BCUT2D eigenvalue weighted by Gasteiger charge is -2.33. The van der Waals surface area contributed by atoms with E-state index < -0.39 is 0 Å². The van der Waals surface area contributed by atoms with Crippen molar-refractivity contribution in [2.75, 3.05) is 26.7 Å². The van der Waals surface area contributed by atoms with E-state index in [9.17, 15) is 4.79 Å². The number of hydrogen-bond donors (Lipinski definition) is 0. The van der Waals surface area contributed by atoms with Gasteiger partial charge < -0.3 is 9.80 Å². The second-order valence-corrected chi connectivity index (χ2v) is 7.81. The van der Waals surface area contributed by atoms with Crippen molar-refractivity contribution in [3.63, 3.8) is 0 Å². The number of aryl methyl sites for hydroxylation is 2. The topological polar surface area (TPSA) is 67.2 Å². The Kier molecular flexibility index (Phi) is 5.20. The van der Waals surface area contributed by atoms with Crippen molar-refractivity contribution in [1.82, 2.24) is 29.5 Å². The molecule has 4 heterocycles. The molecule has 2 aromatic heterocycles. The van der Waals surface area contributed by atoms with Crippen molar-refractivity contribution in [3.05, 3.63) is 41.2 Å². The van der Waals surface area contributed by atoms with Gasteiger partial charge in [-0.1, -0.05) is 0 Å². The van der Waals surface area contributed by atoms with Crippen molar-refractivity contribution in [2.45, 2.75) is 51.6 Å². The first-order valence-corrected chi connectivity index (χ1v) is 9.89. The van der Waals surface area contributed by atoms with Crippen LogP contribution in [0.25, 0.3) is 0 Å². The number of likely N-dealkylation sites (N-methyl/N-ethyl adjacent to an activating group) is 1. The fourth-order valence-electron chi connectivity index (χ4n) is 4.08. The smallest absolute Gasteiger partial charge is 0.224 e. The fourth-order valence-corrected chi connectivity index (χ4v) is 4.08. The molecule has 7 nitrogen and oxygen atoms in total. The molecule has 0 bridgehead atoms. The van der Waals surface area contributed by atoms with Crippen LogP contribution in [0.1, 0.15) is 48.0 Å². The van der Waals surface area contributed by atoms with Crippen molar-refractivity contribution in [3.8, 4) is 0 Å². The number of hydrogen-bond acceptors (Lipinski definition) is 5. The summed E-state index contributed by atoms with van der Waals surface area (Å²) in [5, 5.41) is 4.26. The molecule has 0 N–H and O–H groups in total. The number of amides is 1. The number of rotatable bonds is 4. The molecule has 2 aliphatic rings. The lowest BCUT2D eigenvalue weighted by Crippen LogP contribution is -2.40. The summed E-state index contributed by atoms with van der Waals surface area (Å²) in [5.74, 6) is 1.37. The Morgan fingerprint density at radius 1 is 1.33 bits per heavy atom. The average Bonchev–Trinajstić information content (AvgIpc) is 3.10. The molecule has 0 unspecified atom stereocenters. The maximum atomic E-state index is 12.7. The van der Waals surface area contributed by atoms with Crippen molar-refractivity contribution >= 4 is 5.91 Å². The molecule has 0 aliphatic carbocycles. The molecule has 1 saturated heterocycles. The Labute approximate surface area is 160 Å². The number of aromatic nitrogens is 4. The summed E-state index contributed by atoms with van der Waals surface area (Å²) in [4.78, 5) is 26.5. The lowest BCUT2D eigenvalue weighted by atomic mass is 9.96. The number of carbonyl (C=O) groups excluding carboxylic acids is 1. The van der Waals surface area contributed by atoms with Crippen LogP contribution < -0.4 is 0 Å². The Bertz CT molecular complexity index is 817. The van der Waals surface area contributed by atoms with Crippen LogP contribution >= 0.6 is 0 Å². The fraction of sp³-hybridized carbons (Fsp3) is 0.600. The standard InChI is InChI=1S/C20H28N6O/c1-15-5-8-22-26(15)11-7-19(27)25-9-3-4-16(14-25)20-21-12-17-13-24(2)10-6-18(17)23-20/h5,8,12,16H,3-4,6-7,9-11,13-14H2,1-2H3/t16-/m1/s1. The summed E-state index contributed by atoms with van der Waals surface area (Å²) in [6.45, 7) is 6.20. The lowest BCUT2D eigenvalue weighted by molar-refractivity contribution is -0.132. The Balaban J connectivity index is 1.39. The zero-order valence-corrected chi connectivity index (χ0v) is 16.3. The van der Waals surface area contributed by atoms with Gasteiger partial charge in [-0.2, -0.15) is 5.10 Å². The van der Waals surface area contributed by atoms with Gasteiger partial charge in [-0.05, 0) is 32.9 Å². The van der Waals surface area contributed by atoms with Crippen LogP contribution in [-0.2, 0) is 24.3 Å². The zero-order valence-electron chi connectivity index (χ0n) is 16.3. The molecule has 4 rings (SSSR count). The summed E-state index contributed by atoms with van der Waals surface area (Å²) in [5.41, 5.74) is 3.52. The summed E-state index contributed by atoms with van der Waals surface area (Å²) in [7, 11) is 2.13. The molecule has 7 heteroatoms. The number of nitrogens with zero attached hydrogens (tertiary/aromatic N) is 6. The van der Waals surface area contributed by atoms with Crippen LogP contribution in [0.5, 0.6) is 0 Å². The molecule has 0 saturated carbocycles. The van der Waals surface area contributed by atoms with Gasteiger partial charge in [0, 0.05) is 80.8 Å². The number of carbonyl (C=O) groups is 1. The van der Waals surface area contributed by atoms with Gasteiger partial charge in [0.05, 0.1) is 0 Å². The summed E-state index contributed by atoms with van der Waals surface area (Å²) in [6, 6.07) is 1.96. The van der Waals surface area contributed by atoms with Gasteiger partial charge in [0.1, 0.15) is 5.82 Å². The molecule has 0 aromatic carbocycles. The monoisotopic (exact) mass is 368 g/mol. The highest BCUT2D eigenvalue weighted by Gasteiger charge is 2.27. The first kappa shape index (κ1) is 18.1. The molecule has 0 radical (unpaired) electrons. The SMILES string of the molecule is Cc1ccnn1CCC(=O)N1CCC[C@@H](c2ncc3c(n2)CCN(C)C3)C1. The van der Waals surface area contributed by atoms with E-state index in [0.717, 1.165) is 57.0 Å². The third-order valence-corrected chi connectivity index (χ3v) is 5.75. The summed E-state index contributed by atoms with van der Waals surface area (Å²) in [6.07, 6.45) is 7.32. The first-order chi connectivity index (χ1) is 13.1.